The van der Waals surface area contributed by atoms with Crippen LogP contribution in [0.3, 0.4) is 0 Å². The summed E-state index contributed by atoms with van der Waals surface area (Å²) in [5.41, 5.74) is 13.1. The molecule has 0 aliphatic carbocycles. The van der Waals surface area contributed by atoms with Crippen molar-refractivity contribution < 1.29 is 16.8 Å². The number of fused-ring (bicyclic) bond motifs is 1. The minimum atomic E-state index is -4.57. The minimum Gasteiger partial charge on any atom is -0.369 e. The van der Waals surface area contributed by atoms with Crippen LogP contribution in [-0.2, 0) is 26.9 Å². The van der Waals surface area contributed by atoms with Gasteiger partial charge >= 0.3 is 0 Å². The lowest BCUT2D eigenvalue weighted by Crippen LogP contribution is -2.22. The highest BCUT2D eigenvalue weighted by Gasteiger charge is 2.32. The molecule has 0 aliphatic heterocycles. The number of nitrogens with zero attached hydrogens (tertiary/aromatic N) is 5. The number of rotatable bonds is 6. The molecule has 7 N–H and O–H groups in total. The molecule has 0 bridgehead atoms. The van der Waals surface area contributed by atoms with Crippen molar-refractivity contribution >= 4 is 36.8 Å². The summed E-state index contributed by atoms with van der Waals surface area (Å²) in [6.45, 7) is -0.210. The fourth-order valence-corrected chi connectivity index (χ4v) is 6.27. The first-order valence-electron chi connectivity index (χ1n) is 9.14. The van der Waals surface area contributed by atoms with Crippen molar-refractivity contribution in [3.05, 3.63) is 30.3 Å². The quantitative estimate of drug-likeness (QED) is 0.276. The molecular weight excluding hydrogens is 458 g/mol. The molecule has 0 atom stereocenters. The minimum absolute atomic E-state index is 0.129. The number of benzene rings is 2. The van der Waals surface area contributed by atoms with E-state index in [0.717, 1.165) is 0 Å². The van der Waals surface area contributed by atoms with Crippen LogP contribution in [0.25, 0.3) is 33.5 Å². The average molecular weight is 478 g/mol. The molecule has 32 heavy (non-hydrogen) atoms. The molecule has 4 aromatic rings. The second-order valence-electron chi connectivity index (χ2n) is 6.91. The van der Waals surface area contributed by atoms with Gasteiger partial charge in [-0.25, -0.2) is 27.0 Å². The van der Waals surface area contributed by atoms with Crippen LogP contribution in [0.2, 0.25) is 0 Å². The number of para-hydroxylation sites is 1. The average Bonchev–Trinajstić information content (AvgIpc) is 3.35. The zero-order valence-electron chi connectivity index (χ0n) is 16.7. The molecule has 0 saturated heterocycles. The molecule has 168 valence electrons. The molecule has 0 radical (unpaired) electrons. The second kappa shape index (κ2) is 7.63. The first kappa shape index (κ1) is 21.8. The van der Waals surface area contributed by atoms with E-state index in [4.69, 9.17) is 16.6 Å². The number of aromatic amines is 1. The first-order chi connectivity index (χ1) is 15.1. The third-order valence-electron chi connectivity index (χ3n) is 4.93. The summed E-state index contributed by atoms with van der Waals surface area (Å²) in [6, 6.07) is 7.83. The topological polar surface area (TPSA) is 219 Å². The zero-order valence-corrected chi connectivity index (χ0v) is 18.4. The van der Waals surface area contributed by atoms with E-state index in [-0.39, 0.29) is 29.4 Å². The number of hydrogen-bond donors (Lipinski definition) is 4. The van der Waals surface area contributed by atoms with Gasteiger partial charge < -0.3 is 16.0 Å². The van der Waals surface area contributed by atoms with Gasteiger partial charge in [0.15, 0.2) is 9.84 Å². The normalized spacial score (nSPS) is 12.5. The molecule has 2 aromatic heterocycles. The highest BCUT2D eigenvalue weighted by Crippen LogP contribution is 2.41. The number of aromatic nitrogens is 6. The van der Waals surface area contributed by atoms with E-state index >= 15 is 0 Å². The summed E-state index contributed by atoms with van der Waals surface area (Å²) in [7, 11) is -6.93. The van der Waals surface area contributed by atoms with Crippen LogP contribution in [0.15, 0.2) is 40.1 Å². The van der Waals surface area contributed by atoms with E-state index in [9.17, 15) is 16.8 Å². The van der Waals surface area contributed by atoms with Crippen LogP contribution in [0.1, 0.15) is 0 Å². The van der Waals surface area contributed by atoms with Gasteiger partial charge in [0.1, 0.15) is 4.90 Å². The number of H-pyrrole nitrogens is 1. The number of anilines is 1. The number of nitrogens with one attached hydrogen (secondary N) is 1. The number of sulfonamides is 1. The maximum Gasteiger partial charge on any atom is 0.240 e. The van der Waals surface area contributed by atoms with Crippen molar-refractivity contribution in [2.45, 2.75) is 9.79 Å². The lowest BCUT2D eigenvalue weighted by Gasteiger charge is -2.16. The van der Waals surface area contributed by atoms with Gasteiger partial charge in [0.25, 0.3) is 0 Å². The zero-order chi connectivity index (χ0) is 23.3. The largest absolute Gasteiger partial charge is 0.369 e. The van der Waals surface area contributed by atoms with Crippen molar-refractivity contribution in [1.29, 1.82) is 0 Å². The van der Waals surface area contributed by atoms with Crippen LogP contribution in [0, 0.1) is 0 Å². The maximum absolute atomic E-state index is 12.8. The van der Waals surface area contributed by atoms with Gasteiger partial charge in [-0.05, 0) is 22.9 Å². The number of nitrogen functional groups attached to an aromatic ring is 1. The van der Waals surface area contributed by atoms with Crippen LogP contribution < -0.4 is 16.6 Å². The van der Waals surface area contributed by atoms with Crippen molar-refractivity contribution in [2.75, 3.05) is 18.0 Å². The van der Waals surface area contributed by atoms with Gasteiger partial charge in [-0.15, -0.1) is 10.2 Å². The molecule has 0 saturated carbocycles. The van der Waals surface area contributed by atoms with Gasteiger partial charge in [-0.1, -0.05) is 18.2 Å². The van der Waals surface area contributed by atoms with Crippen LogP contribution in [0.5, 0.6) is 0 Å². The summed E-state index contributed by atoms with van der Waals surface area (Å²) in [5, 5.41) is 19.0. The Morgan fingerprint density at radius 1 is 1.09 bits per heavy atom. The van der Waals surface area contributed by atoms with E-state index in [1.54, 1.807) is 29.8 Å². The van der Waals surface area contributed by atoms with Crippen LogP contribution >= 0.6 is 0 Å². The van der Waals surface area contributed by atoms with Gasteiger partial charge in [0.2, 0.25) is 21.8 Å². The maximum atomic E-state index is 12.8. The van der Waals surface area contributed by atoms with E-state index in [0.29, 0.717) is 16.6 Å². The fourth-order valence-electron chi connectivity index (χ4n) is 3.52. The van der Waals surface area contributed by atoms with E-state index < -0.39 is 35.4 Å². The number of sulfone groups is 1. The van der Waals surface area contributed by atoms with Crippen molar-refractivity contribution in [3.8, 4) is 22.5 Å². The molecule has 2 heterocycles. The lowest BCUT2D eigenvalue weighted by molar-refractivity contribution is 0.583. The summed E-state index contributed by atoms with van der Waals surface area (Å²) in [6.07, 6.45) is 0. The Kier molecular flexibility index (Phi) is 5.20. The molecule has 4 rings (SSSR count). The smallest absolute Gasteiger partial charge is 0.240 e. The van der Waals surface area contributed by atoms with Gasteiger partial charge in [0, 0.05) is 19.2 Å². The van der Waals surface area contributed by atoms with E-state index in [1.165, 1.54) is 12.1 Å². The van der Waals surface area contributed by atoms with Gasteiger partial charge in [-0.3, -0.25) is 0 Å². The number of tetrazole rings is 1. The molecule has 13 nitrogen and oxygen atoms in total. The molecule has 0 fully saturated rings. The fraction of sp³-hybridized carbons (Fsp3) is 0.176. The predicted molar refractivity (Wildman–Crippen MR) is 116 cm³/mol. The Bertz CT molecular complexity index is 1540. The molecule has 0 unspecified atom stereocenters. The monoisotopic (exact) mass is 477 g/mol. The SMILES string of the molecule is Cn1c(N)nc2c(-c3ccc(S(=O)(=O)CCN)c(S(N)(=O)=O)c3-c3nn[nH]n3)cccc21. The van der Waals surface area contributed by atoms with Crippen molar-refractivity contribution in [1.82, 2.24) is 30.2 Å². The predicted octanol–water partition coefficient (Wildman–Crippen LogP) is -0.618. The van der Waals surface area contributed by atoms with E-state index in [2.05, 4.69) is 25.6 Å². The van der Waals surface area contributed by atoms with Crippen LogP contribution in [0.4, 0.5) is 5.95 Å². The third kappa shape index (κ3) is 3.50. The number of imidazole rings is 1. The Hall–Kier alpha value is -3.40. The Morgan fingerprint density at radius 2 is 1.84 bits per heavy atom. The van der Waals surface area contributed by atoms with Gasteiger partial charge in [0.05, 0.1) is 27.2 Å². The summed E-state index contributed by atoms with van der Waals surface area (Å²) >= 11 is 0. The number of hydrogen-bond acceptors (Lipinski definition) is 10. The third-order valence-corrected chi connectivity index (χ3v) is 7.84. The molecule has 2 aromatic carbocycles. The number of aryl methyl sites for hydroxylation is 1. The first-order valence-corrected chi connectivity index (χ1v) is 12.3. The lowest BCUT2D eigenvalue weighted by atomic mass is 9.98. The van der Waals surface area contributed by atoms with Crippen molar-refractivity contribution in [3.63, 3.8) is 0 Å². The second-order valence-corrected chi connectivity index (χ2v) is 10.5. The molecule has 15 heteroatoms. The highest BCUT2D eigenvalue weighted by molar-refractivity contribution is 7.93. The van der Waals surface area contributed by atoms with Gasteiger partial charge in [-0.2, -0.15) is 5.21 Å². The Morgan fingerprint density at radius 3 is 2.47 bits per heavy atom. The molecule has 0 aliphatic rings. The van der Waals surface area contributed by atoms with Crippen molar-refractivity contribution in [2.24, 2.45) is 17.9 Å². The van der Waals surface area contributed by atoms with E-state index in [1.807, 2.05) is 0 Å². The summed E-state index contributed by atoms with van der Waals surface area (Å²) < 4.78 is 52.7. The summed E-state index contributed by atoms with van der Waals surface area (Å²) in [4.78, 5) is 3.22. The number of nitrogens with two attached hydrogens (primary N) is 3. The molecule has 0 amide bonds. The highest BCUT2D eigenvalue weighted by atomic mass is 32.2. The number of primary sulfonamides is 1. The standard InChI is InChI=1S/C17H19N9O4S2/c1-26-11-4-2-3-10(14(11)21-17(26)19)9-5-6-12(31(27,28)8-7-18)15(32(20,29)30)13(9)16-22-24-25-23-16/h2-6H,7-8,18H2,1H3,(H2,19,21)(H2,20,29,30)(H,22,23,24,25). The molecule has 0 spiro atoms. The molecular formula is C17H19N9O4S2. The Balaban J connectivity index is 2.19. The Labute approximate surface area is 182 Å². The summed E-state index contributed by atoms with van der Waals surface area (Å²) in [5.74, 6) is -0.399. The van der Waals surface area contributed by atoms with Crippen LogP contribution in [-0.4, -0.2) is 59.3 Å².